The lowest BCUT2D eigenvalue weighted by Crippen LogP contribution is -2.59. The van der Waals surface area contributed by atoms with Gasteiger partial charge in [0, 0.05) is 42.7 Å². The van der Waals surface area contributed by atoms with Gasteiger partial charge in [-0.1, -0.05) is 12.1 Å². The number of rotatable bonds is 4. The second-order valence-electron chi connectivity index (χ2n) is 6.72. The predicted octanol–water partition coefficient (Wildman–Crippen LogP) is 0.468. The van der Waals surface area contributed by atoms with Crippen LogP contribution < -0.4 is 17.2 Å². The first kappa shape index (κ1) is 19.1. The van der Waals surface area contributed by atoms with Crippen LogP contribution in [0.3, 0.4) is 0 Å². The minimum absolute atomic E-state index is 0.0951. The number of phenols is 1. The summed E-state index contributed by atoms with van der Waals surface area (Å²) in [4.78, 5) is 2.03. The number of aromatic hydroxyl groups is 1. The molecule has 7 N–H and O–H groups in total. The molecular formula is C17H27N5O2S. The van der Waals surface area contributed by atoms with Crippen LogP contribution in [0, 0.1) is 0 Å². The molecule has 25 heavy (non-hydrogen) atoms. The van der Waals surface area contributed by atoms with Crippen LogP contribution in [0.15, 0.2) is 41.9 Å². The topological polar surface area (TPSA) is 122 Å². The standard InChI is InChI=1S/C17H27N5O2S/c1-17(2)11-21(8-9-22(17)25(3)24)14(16(19)20)10-13(18)12-6-4-5-7-15(12)23/h4-7,10,23H,8-9,11,18-20H2,1-3H3/b13-10-. The molecule has 7 nitrogen and oxygen atoms in total. The molecule has 0 bridgehead atoms. The molecule has 0 aliphatic carbocycles. The average Bonchev–Trinajstić information content (AvgIpc) is 2.51. The van der Waals surface area contributed by atoms with E-state index in [1.165, 1.54) is 0 Å². The van der Waals surface area contributed by atoms with E-state index in [2.05, 4.69) is 0 Å². The Morgan fingerprint density at radius 3 is 2.40 bits per heavy atom. The largest absolute Gasteiger partial charge is 0.507 e. The van der Waals surface area contributed by atoms with E-state index in [9.17, 15) is 9.32 Å². The molecular weight excluding hydrogens is 338 g/mol. The first-order valence-corrected chi connectivity index (χ1v) is 9.52. The summed E-state index contributed by atoms with van der Waals surface area (Å²) in [6.07, 6.45) is 3.36. The molecule has 1 aromatic carbocycles. The lowest BCUT2D eigenvalue weighted by molar-refractivity contribution is 0.112. The van der Waals surface area contributed by atoms with Gasteiger partial charge in [-0.15, -0.1) is 0 Å². The molecule has 0 amide bonds. The zero-order valence-corrected chi connectivity index (χ0v) is 15.7. The Kier molecular flexibility index (Phi) is 5.64. The number of hydrogen-bond donors (Lipinski definition) is 4. The fourth-order valence-corrected chi connectivity index (χ4v) is 4.21. The fourth-order valence-electron chi connectivity index (χ4n) is 3.12. The minimum atomic E-state index is -1.05. The zero-order valence-electron chi connectivity index (χ0n) is 14.9. The van der Waals surface area contributed by atoms with Gasteiger partial charge >= 0.3 is 0 Å². The Morgan fingerprint density at radius 2 is 1.88 bits per heavy atom. The van der Waals surface area contributed by atoms with E-state index in [1.807, 2.05) is 23.1 Å². The maximum Gasteiger partial charge on any atom is 0.124 e. The van der Waals surface area contributed by atoms with Gasteiger partial charge in [-0.3, -0.25) is 0 Å². The molecule has 1 atom stereocenters. The lowest BCUT2D eigenvalue weighted by atomic mass is 10.0. The number of allylic oxidation sites excluding steroid dienone is 1. The van der Waals surface area contributed by atoms with Crippen LogP contribution >= 0.6 is 0 Å². The van der Waals surface area contributed by atoms with Crippen molar-refractivity contribution in [2.45, 2.75) is 19.4 Å². The predicted molar refractivity (Wildman–Crippen MR) is 102 cm³/mol. The van der Waals surface area contributed by atoms with Crippen LogP contribution in [-0.4, -0.2) is 49.9 Å². The molecule has 1 unspecified atom stereocenters. The molecule has 0 saturated carbocycles. The number of para-hydroxylation sites is 1. The van der Waals surface area contributed by atoms with Crippen molar-refractivity contribution in [3.05, 3.63) is 47.4 Å². The van der Waals surface area contributed by atoms with Crippen molar-refractivity contribution in [2.75, 3.05) is 25.9 Å². The van der Waals surface area contributed by atoms with Gasteiger partial charge in [0.05, 0.1) is 16.7 Å². The van der Waals surface area contributed by atoms with E-state index < -0.39 is 11.0 Å². The Balaban J connectivity index is 2.32. The number of phenolic OH excluding ortho intramolecular Hbond substituents is 1. The van der Waals surface area contributed by atoms with Gasteiger partial charge in [-0.2, -0.15) is 0 Å². The van der Waals surface area contributed by atoms with Gasteiger partial charge in [0.15, 0.2) is 0 Å². The van der Waals surface area contributed by atoms with Gasteiger partial charge in [-0.05, 0) is 32.1 Å². The van der Waals surface area contributed by atoms with Crippen molar-refractivity contribution in [1.29, 1.82) is 0 Å². The van der Waals surface area contributed by atoms with Crippen molar-refractivity contribution >= 4 is 16.7 Å². The molecule has 1 heterocycles. The third-order valence-corrected chi connectivity index (χ3v) is 5.58. The van der Waals surface area contributed by atoms with Crippen LogP contribution in [-0.2, 0) is 11.0 Å². The second-order valence-corrected chi connectivity index (χ2v) is 8.01. The SMILES string of the molecule is CS(=O)N1CCN(C(/C=C(\N)c2ccccc2O)=C(N)N)CC1(C)C. The van der Waals surface area contributed by atoms with Crippen molar-refractivity contribution in [2.24, 2.45) is 17.2 Å². The molecule has 1 aromatic rings. The third kappa shape index (κ3) is 4.26. The minimum Gasteiger partial charge on any atom is -0.507 e. The number of nitrogens with two attached hydrogens (primary N) is 3. The Morgan fingerprint density at radius 1 is 1.24 bits per heavy atom. The highest BCUT2D eigenvalue weighted by Crippen LogP contribution is 2.27. The number of nitrogens with zero attached hydrogens (tertiary/aromatic N) is 2. The summed E-state index contributed by atoms with van der Waals surface area (Å²) in [5.74, 6) is 0.248. The van der Waals surface area contributed by atoms with Gasteiger partial charge in [0.25, 0.3) is 0 Å². The molecule has 1 saturated heterocycles. The number of hydrogen-bond acceptors (Lipinski definition) is 6. The molecule has 0 radical (unpaired) electrons. The van der Waals surface area contributed by atoms with Crippen LogP contribution in [0.1, 0.15) is 19.4 Å². The van der Waals surface area contributed by atoms with Gasteiger partial charge in [-0.25, -0.2) is 8.51 Å². The number of piperazine rings is 1. The molecule has 1 aliphatic rings. The van der Waals surface area contributed by atoms with E-state index in [-0.39, 0.29) is 17.1 Å². The summed E-state index contributed by atoms with van der Waals surface area (Å²) in [7, 11) is -1.05. The smallest absolute Gasteiger partial charge is 0.124 e. The monoisotopic (exact) mass is 365 g/mol. The van der Waals surface area contributed by atoms with E-state index in [0.717, 1.165) is 0 Å². The summed E-state index contributed by atoms with van der Waals surface area (Å²) in [6, 6.07) is 6.83. The van der Waals surface area contributed by atoms with Gasteiger partial charge in [0.1, 0.15) is 11.6 Å². The highest BCUT2D eigenvalue weighted by molar-refractivity contribution is 7.81. The summed E-state index contributed by atoms with van der Waals surface area (Å²) >= 11 is 0. The van der Waals surface area contributed by atoms with Gasteiger partial charge in [0.2, 0.25) is 0 Å². The molecule has 1 fully saturated rings. The summed E-state index contributed by atoms with van der Waals surface area (Å²) < 4.78 is 13.9. The van der Waals surface area contributed by atoms with Crippen LogP contribution in [0.5, 0.6) is 5.75 Å². The van der Waals surface area contributed by atoms with E-state index in [4.69, 9.17) is 17.2 Å². The Bertz CT molecular complexity index is 726. The first-order valence-electron chi connectivity index (χ1n) is 8.00. The van der Waals surface area contributed by atoms with Crippen LogP contribution in [0.2, 0.25) is 0 Å². The molecule has 0 aromatic heterocycles. The highest BCUT2D eigenvalue weighted by atomic mass is 32.2. The molecule has 0 spiro atoms. The Labute approximate surface area is 151 Å². The Hall–Kier alpha value is -2.19. The maximum atomic E-state index is 11.9. The third-order valence-electron chi connectivity index (χ3n) is 4.28. The quantitative estimate of drug-likeness (QED) is 0.575. The lowest BCUT2D eigenvalue weighted by Gasteiger charge is -2.46. The fraction of sp³-hybridized carbons (Fsp3) is 0.412. The molecule has 2 rings (SSSR count). The zero-order chi connectivity index (χ0) is 18.8. The van der Waals surface area contributed by atoms with Crippen molar-refractivity contribution in [1.82, 2.24) is 9.21 Å². The molecule has 138 valence electrons. The molecule has 8 heteroatoms. The van der Waals surface area contributed by atoms with Gasteiger partial charge < -0.3 is 27.2 Å². The van der Waals surface area contributed by atoms with E-state index in [1.54, 1.807) is 36.6 Å². The number of benzene rings is 1. The normalized spacial score (nSPS) is 19.5. The van der Waals surface area contributed by atoms with Crippen molar-refractivity contribution in [3.63, 3.8) is 0 Å². The van der Waals surface area contributed by atoms with E-state index in [0.29, 0.717) is 36.6 Å². The average molecular weight is 366 g/mol. The van der Waals surface area contributed by atoms with Crippen molar-refractivity contribution < 1.29 is 9.32 Å². The van der Waals surface area contributed by atoms with Crippen molar-refractivity contribution in [3.8, 4) is 5.75 Å². The summed E-state index contributed by atoms with van der Waals surface area (Å²) in [5.41, 5.74) is 19.1. The maximum absolute atomic E-state index is 11.9. The second kappa shape index (κ2) is 7.37. The highest BCUT2D eigenvalue weighted by Gasteiger charge is 2.36. The van der Waals surface area contributed by atoms with Crippen LogP contribution in [0.25, 0.3) is 5.70 Å². The summed E-state index contributed by atoms with van der Waals surface area (Å²) in [6.45, 7) is 5.91. The van der Waals surface area contributed by atoms with Crippen LogP contribution in [0.4, 0.5) is 0 Å². The summed E-state index contributed by atoms with van der Waals surface area (Å²) in [5, 5.41) is 9.97. The molecule has 1 aliphatic heterocycles. The van der Waals surface area contributed by atoms with E-state index >= 15 is 0 Å². The first-order chi connectivity index (χ1) is 11.6.